The number of unbranched alkanes of at least 4 members (excludes halogenated alkanes) is 9. The van der Waals surface area contributed by atoms with Crippen molar-refractivity contribution < 1.29 is 4.79 Å². The van der Waals surface area contributed by atoms with Crippen molar-refractivity contribution in [3.05, 3.63) is 0 Å². The van der Waals surface area contributed by atoms with Gasteiger partial charge in [0.05, 0.1) is 0 Å². The summed E-state index contributed by atoms with van der Waals surface area (Å²) in [5.41, 5.74) is 0. The van der Waals surface area contributed by atoms with Crippen LogP contribution in [0.1, 0.15) is 84.5 Å². The molecule has 0 fully saturated rings. The van der Waals surface area contributed by atoms with Crippen molar-refractivity contribution in [2.45, 2.75) is 99.3 Å². The fourth-order valence-corrected chi connectivity index (χ4v) is 2.66. The van der Waals surface area contributed by atoms with Crippen LogP contribution in [-0.4, -0.2) is 30.6 Å². The van der Waals surface area contributed by atoms with E-state index in [1.165, 1.54) is 76.0 Å². The molecule has 21 heavy (non-hydrogen) atoms. The molecule has 3 heteroatoms. The first kappa shape index (κ1) is 24.1. The number of hydrogen-bond acceptors (Lipinski definition) is 2. The van der Waals surface area contributed by atoms with Gasteiger partial charge in [-0.3, -0.25) is 4.79 Å². The van der Waals surface area contributed by atoms with Gasteiger partial charge in [-0.15, -0.1) is 0 Å². The van der Waals surface area contributed by atoms with E-state index >= 15 is 0 Å². The summed E-state index contributed by atoms with van der Waals surface area (Å²) in [6.07, 6.45) is 14.4. The molecular formula is C18H39OSSn+. The van der Waals surface area contributed by atoms with Crippen LogP contribution in [0.3, 0.4) is 0 Å². The second kappa shape index (κ2) is 20.8. The zero-order chi connectivity index (χ0) is 16.3. The third-order valence-electron chi connectivity index (χ3n) is 3.05. The van der Waals surface area contributed by atoms with Crippen LogP contribution < -0.4 is 0 Å². The summed E-state index contributed by atoms with van der Waals surface area (Å²) in [4.78, 5) is 18.1. The zero-order valence-corrected chi connectivity index (χ0v) is 19.0. The first-order valence-corrected chi connectivity index (χ1v) is 18.5. The molecule has 0 rings (SSSR count). The molecule has 0 N–H and O–H groups in total. The molecular weight excluding hydrogens is 383 g/mol. The molecule has 0 radical (unpaired) electrons. The second-order valence-corrected chi connectivity index (χ2v) is 16.0. The Bertz CT molecular complexity index is 205. The quantitative estimate of drug-likeness (QED) is 0.250. The summed E-state index contributed by atoms with van der Waals surface area (Å²) in [6.45, 7) is 4.20. The summed E-state index contributed by atoms with van der Waals surface area (Å²) in [6, 6.07) is 0. The van der Waals surface area contributed by atoms with Gasteiger partial charge < -0.3 is 0 Å². The normalized spacial score (nSPS) is 9.95. The van der Waals surface area contributed by atoms with Gasteiger partial charge in [0.2, 0.25) is 0 Å². The van der Waals surface area contributed by atoms with Gasteiger partial charge in [0.1, 0.15) is 0 Å². The molecule has 0 spiro atoms. The van der Waals surface area contributed by atoms with Gasteiger partial charge in [-0.05, 0) is 6.42 Å². The Morgan fingerprint density at radius 1 is 0.762 bits per heavy atom. The van der Waals surface area contributed by atoms with Crippen molar-refractivity contribution in [3.63, 3.8) is 0 Å². The molecule has 0 saturated heterocycles. The standard InChI is InChI=1S/C15H30OS.3CH3.Sn/c1-3-5-6-7-8-9-10-11-12-13-14-17-15(16)4-2;;;;/h3-14H2,1-2H3;3*1H3;/q;;;;+1. The van der Waals surface area contributed by atoms with E-state index in [4.69, 9.17) is 0 Å². The summed E-state index contributed by atoms with van der Waals surface area (Å²) < 4.78 is 0. The van der Waals surface area contributed by atoms with E-state index in [-0.39, 0.29) is 0 Å². The molecule has 0 aliphatic rings. The topological polar surface area (TPSA) is 17.1 Å². The van der Waals surface area contributed by atoms with E-state index in [9.17, 15) is 4.79 Å². The molecule has 0 aliphatic carbocycles. The van der Waals surface area contributed by atoms with Crippen LogP contribution in [-0.2, 0) is 4.79 Å². The molecule has 0 heterocycles. The van der Waals surface area contributed by atoms with Gasteiger partial charge in [-0.2, -0.15) is 0 Å². The van der Waals surface area contributed by atoms with Crippen molar-refractivity contribution in [3.8, 4) is 0 Å². The van der Waals surface area contributed by atoms with Crippen molar-refractivity contribution in [2.75, 3.05) is 5.75 Å². The average Bonchev–Trinajstić information content (AvgIpc) is 2.43. The van der Waals surface area contributed by atoms with Crippen molar-refractivity contribution >= 4 is 36.6 Å². The Morgan fingerprint density at radius 3 is 1.52 bits per heavy atom. The predicted octanol–water partition coefficient (Wildman–Crippen LogP) is 6.95. The van der Waals surface area contributed by atoms with Gasteiger partial charge in [-0.1, -0.05) is 83.4 Å². The van der Waals surface area contributed by atoms with Crippen molar-refractivity contribution in [1.29, 1.82) is 0 Å². The number of thioether (sulfide) groups is 1. The van der Waals surface area contributed by atoms with Crippen molar-refractivity contribution in [2.24, 2.45) is 0 Å². The first-order chi connectivity index (χ1) is 10.0. The van der Waals surface area contributed by atoms with Gasteiger partial charge in [-0.25, -0.2) is 0 Å². The number of rotatable bonds is 12. The molecule has 0 aliphatic heterocycles. The van der Waals surface area contributed by atoms with Crippen LogP contribution in [0.25, 0.3) is 0 Å². The maximum atomic E-state index is 11.0. The molecule has 0 aromatic carbocycles. The molecule has 1 nitrogen and oxygen atoms in total. The average molecular weight is 422 g/mol. The number of hydrogen-bond donors (Lipinski definition) is 0. The Balaban J connectivity index is 0. The third kappa shape index (κ3) is 29.5. The van der Waals surface area contributed by atoms with Crippen LogP contribution in [0.4, 0.5) is 0 Å². The predicted molar refractivity (Wildman–Crippen MR) is 103 cm³/mol. The molecule has 0 atom stereocenters. The van der Waals surface area contributed by atoms with Crippen molar-refractivity contribution in [1.82, 2.24) is 0 Å². The van der Waals surface area contributed by atoms with Crippen LogP contribution in [0.15, 0.2) is 0 Å². The SMILES string of the molecule is CCCCCCCCCCCCSC(=O)CC.[CH3][Sn+]([CH3])[CH3]. The summed E-state index contributed by atoms with van der Waals surface area (Å²) >= 11 is 0.972. The molecule has 0 amide bonds. The third-order valence-corrected chi connectivity index (χ3v) is 4.15. The fraction of sp³-hybridized carbons (Fsp3) is 0.944. The Kier molecular flexibility index (Phi) is 23.9. The Labute approximate surface area is 146 Å². The molecule has 0 bridgehead atoms. The maximum absolute atomic E-state index is 11.0. The van der Waals surface area contributed by atoms with E-state index in [1.807, 2.05) is 6.92 Å². The van der Waals surface area contributed by atoms with Crippen LogP contribution in [0.5, 0.6) is 0 Å². The monoisotopic (exact) mass is 423 g/mol. The van der Waals surface area contributed by atoms with Gasteiger partial charge >= 0.3 is 34.6 Å². The van der Waals surface area contributed by atoms with Crippen LogP contribution in [0.2, 0.25) is 14.8 Å². The number of carbonyl (C=O) groups excluding carboxylic acids is 1. The molecule has 0 aromatic rings. The second-order valence-electron chi connectivity index (χ2n) is 6.26. The molecule has 0 aromatic heterocycles. The van der Waals surface area contributed by atoms with E-state index in [2.05, 4.69) is 21.7 Å². The van der Waals surface area contributed by atoms with E-state index < -0.39 is 19.8 Å². The molecule has 126 valence electrons. The van der Waals surface area contributed by atoms with E-state index in [0.29, 0.717) is 11.5 Å². The van der Waals surface area contributed by atoms with Gasteiger partial charge in [0, 0.05) is 12.2 Å². The van der Waals surface area contributed by atoms with E-state index in [0.717, 1.165) is 5.75 Å². The molecule has 0 saturated carbocycles. The number of carbonyl (C=O) groups is 1. The van der Waals surface area contributed by atoms with E-state index in [1.54, 1.807) is 0 Å². The summed E-state index contributed by atoms with van der Waals surface area (Å²) in [5, 5.41) is 0.348. The summed E-state index contributed by atoms with van der Waals surface area (Å²) in [7, 11) is 0. The van der Waals surface area contributed by atoms with Crippen LogP contribution in [0, 0.1) is 0 Å². The minimum absolute atomic E-state index is 0.348. The zero-order valence-electron chi connectivity index (χ0n) is 15.3. The molecule has 0 unspecified atom stereocenters. The summed E-state index contributed by atoms with van der Waals surface area (Å²) in [5.74, 6) is 1.03. The van der Waals surface area contributed by atoms with Gasteiger partial charge in [0.25, 0.3) is 0 Å². The minimum atomic E-state index is -0.543. The first-order valence-electron chi connectivity index (χ1n) is 8.96. The Morgan fingerprint density at radius 2 is 1.14 bits per heavy atom. The fourth-order valence-electron chi connectivity index (χ4n) is 1.88. The van der Waals surface area contributed by atoms with Gasteiger partial charge in [0.15, 0.2) is 5.12 Å². The Hall–Kier alpha value is 0.819. The van der Waals surface area contributed by atoms with Crippen LogP contribution >= 0.6 is 11.8 Å².